The molecule has 1 aliphatic rings. The molecular weight excluding hydrogens is 190 g/mol. The predicted molar refractivity (Wildman–Crippen MR) is 56.8 cm³/mol. The molecule has 1 saturated carbocycles. The Bertz CT molecular complexity index is 529. The van der Waals surface area contributed by atoms with Crippen molar-refractivity contribution < 1.29 is 9.90 Å². The van der Waals surface area contributed by atoms with Crippen molar-refractivity contribution in [1.29, 1.82) is 0 Å². The minimum Gasteiger partial charge on any atom is -0.481 e. The maximum Gasteiger partial charge on any atom is 0.307 e. The van der Waals surface area contributed by atoms with Gasteiger partial charge in [0.25, 0.3) is 0 Å². The number of para-hydroxylation sites is 1. The van der Waals surface area contributed by atoms with Crippen molar-refractivity contribution in [2.45, 2.75) is 12.3 Å². The van der Waals surface area contributed by atoms with Gasteiger partial charge in [-0.15, -0.1) is 0 Å². The zero-order valence-corrected chi connectivity index (χ0v) is 8.10. The average Bonchev–Trinajstić information content (AvgIpc) is 2.92. The standard InChI is InChI=1S/C12H11NO2/c14-12(15)9-5-8(9)10-6-13-11-4-2-1-3-7(10)11/h1-4,6,8-9,13H,5H2,(H,14,15). The lowest BCUT2D eigenvalue weighted by Crippen LogP contribution is -1.98. The Morgan fingerprint density at radius 1 is 1.40 bits per heavy atom. The van der Waals surface area contributed by atoms with Gasteiger partial charge in [-0.05, 0) is 18.1 Å². The van der Waals surface area contributed by atoms with Crippen LogP contribution in [0.3, 0.4) is 0 Å². The van der Waals surface area contributed by atoms with Crippen LogP contribution in [0.15, 0.2) is 30.5 Å². The van der Waals surface area contributed by atoms with E-state index in [1.807, 2.05) is 30.5 Å². The molecule has 1 fully saturated rings. The molecule has 3 heteroatoms. The van der Waals surface area contributed by atoms with Crippen molar-refractivity contribution in [2.24, 2.45) is 5.92 Å². The minimum absolute atomic E-state index is 0.177. The largest absolute Gasteiger partial charge is 0.481 e. The van der Waals surface area contributed by atoms with Gasteiger partial charge in [-0.2, -0.15) is 0 Å². The second-order valence-corrected chi connectivity index (χ2v) is 4.08. The van der Waals surface area contributed by atoms with Crippen molar-refractivity contribution in [3.63, 3.8) is 0 Å². The summed E-state index contributed by atoms with van der Waals surface area (Å²) >= 11 is 0. The molecule has 0 radical (unpaired) electrons. The Hall–Kier alpha value is -1.77. The first-order valence-electron chi connectivity index (χ1n) is 5.06. The fourth-order valence-corrected chi connectivity index (χ4v) is 2.21. The van der Waals surface area contributed by atoms with E-state index in [0.717, 1.165) is 22.9 Å². The molecule has 1 aliphatic carbocycles. The van der Waals surface area contributed by atoms with E-state index in [0.29, 0.717) is 0 Å². The summed E-state index contributed by atoms with van der Waals surface area (Å²) in [5.74, 6) is -0.645. The molecule has 15 heavy (non-hydrogen) atoms. The van der Waals surface area contributed by atoms with E-state index >= 15 is 0 Å². The number of carboxylic acids is 1. The second-order valence-electron chi connectivity index (χ2n) is 4.08. The first-order chi connectivity index (χ1) is 7.27. The number of hydrogen-bond acceptors (Lipinski definition) is 1. The number of H-pyrrole nitrogens is 1. The highest BCUT2D eigenvalue weighted by Crippen LogP contribution is 2.49. The normalized spacial score (nSPS) is 24.3. The molecule has 1 aromatic carbocycles. The van der Waals surface area contributed by atoms with Crippen LogP contribution < -0.4 is 0 Å². The van der Waals surface area contributed by atoms with Crippen molar-refractivity contribution >= 4 is 16.9 Å². The summed E-state index contributed by atoms with van der Waals surface area (Å²) in [5, 5.41) is 10.0. The maximum atomic E-state index is 10.8. The van der Waals surface area contributed by atoms with Crippen molar-refractivity contribution in [1.82, 2.24) is 4.98 Å². The first-order valence-corrected chi connectivity index (χ1v) is 5.06. The monoisotopic (exact) mass is 201 g/mol. The summed E-state index contributed by atoms with van der Waals surface area (Å²) < 4.78 is 0. The van der Waals surface area contributed by atoms with Crippen molar-refractivity contribution in [3.8, 4) is 0 Å². The Kier molecular flexibility index (Phi) is 1.63. The van der Waals surface area contributed by atoms with Gasteiger partial charge in [0.1, 0.15) is 0 Å². The predicted octanol–water partition coefficient (Wildman–Crippen LogP) is 2.36. The van der Waals surface area contributed by atoms with Gasteiger partial charge in [0.2, 0.25) is 0 Å². The zero-order valence-electron chi connectivity index (χ0n) is 8.10. The van der Waals surface area contributed by atoms with Gasteiger partial charge in [-0.1, -0.05) is 18.2 Å². The summed E-state index contributed by atoms with van der Waals surface area (Å²) in [4.78, 5) is 14.0. The second kappa shape index (κ2) is 2.86. The van der Waals surface area contributed by atoms with Crippen LogP contribution >= 0.6 is 0 Å². The number of nitrogens with one attached hydrogen (secondary N) is 1. The number of aliphatic carboxylic acids is 1. The minimum atomic E-state index is -0.676. The van der Waals surface area contributed by atoms with Crippen molar-refractivity contribution in [3.05, 3.63) is 36.0 Å². The molecule has 3 nitrogen and oxygen atoms in total. The SMILES string of the molecule is O=C(O)C1CC1c1c[nH]c2ccccc12. The summed E-state index contributed by atoms with van der Waals surface area (Å²) in [5.41, 5.74) is 2.24. The van der Waals surface area contributed by atoms with Crippen LogP contribution in [0.4, 0.5) is 0 Å². The smallest absolute Gasteiger partial charge is 0.307 e. The zero-order chi connectivity index (χ0) is 10.4. The van der Waals surface area contributed by atoms with Gasteiger partial charge < -0.3 is 10.1 Å². The van der Waals surface area contributed by atoms with Gasteiger partial charge in [-0.3, -0.25) is 4.79 Å². The Morgan fingerprint density at radius 2 is 2.20 bits per heavy atom. The molecule has 2 N–H and O–H groups in total. The average molecular weight is 201 g/mol. The Labute approximate surface area is 86.7 Å². The van der Waals surface area contributed by atoms with E-state index in [-0.39, 0.29) is 11.8 Å². The summed E-state index contributed by atoms with van der Waals surface area (Å²) in [6.07, 6.45) is 2.72. The molecule has 2 aromatic rings. The highest BCUT2D eigenvalue weighted by atomic mass is 16.4. The van der Waals surface area contributed by atoms with Crippen LogP contribution in [0.1, 0.15) is 17.9 Å². The van der Waals surface area contributed by atoms with E-state index in [2.05, 4.69) is 4.98 Å². The van der Waals surface area contributed by atoms with Crippen LogP contribution in [0, 0.1) is 5.92 Å². The highest BCUT2D eigenvalue weighted by molar-refractivity contribution is 5.86. The van der Waals surface area contributed by atoms with Gasteiger partial charge in [-0.25, -0.2) is 0 Å². The van der Waals surface area contributed by atoms with E-state index in [1.54, 1.807) is 0 Å². The van der Waals surface area contributed by atoms with Crippen LogP contribution in [0.5, 0.6) is 0 Å². The maximum absolute atomic E-state index is 10.8. The van der Waals surface area contributed by atoms with Crippen LogP contribution in [0.2, 0.25) is 0 Å². The molecule has 1 heterocycles. The van der Waals surface area contributed by atoms with Crippen molar-refractivity contribution in [2.75, 3.05) is 0 Å². The molecule has 0 saturated heterocycles. The highest BCUT2D eigenvalue weighted by Gasteiger charge is 2.45. The fourth-order valence-electron chi connectivity index (χ4n) is 2.21. The van der Waals surface area contributed by atoms with Gasteiger partial charge in [0.15, 0.2) is 0 Å². The summed E-state index contributed by atoms with van der Waals surface area (Å²) in [7, 11) is 0. The van der Waals surface area contributed by atoms with Crippen LogP contribution in [-0.2, 0) is 4.79 Å². The molecule has 3 rings (SSSR count). The number of aromatic amines is 1. The molecule has 0 aliphatic heterocycles. The van der Waals surface area contributed by atoms with Gasteiger partial charge in [0.05, 0.1) is 5.92 Å². The van der Waals surface area contributed by atoms with Gasteiger partial charge >= 0.3 is 5.97 Å². The van der Waals surface area contributed by atoms with Crippen LogP contribution in [-0.4, -0.2) is 16.1 Å². The number of rotatable bonds is 2. The topological polar surface area (TPSA) is 53.1 Å². The van der Waals surface area contributed by atoms with Crippen LogP contribution in [0.25, 0.3) is 10.9 Å². The molecular formula is C12H11NO2. The van der Waals surface area contributed by atoms with E-state index < -0.39 is 5.97 Å². The molecule has 0 bridgehead atoms. The third-order valence-electron chi connectivity index (χ3n) is 3.13. The number of carboxylic acid groups (broad SMARTS) is 1. The van der Waals surface area contributed by atoms with E-state index in [9.17, 15) is 4.79 Å². The molecule has 2 unspecified atom stereocenters. The molecule has 0 amide bonds. The number of benzene rings is 1. The number of hydrogen-bond donors (Lipinski definition) is 2. The third-order valence-corrected chi connectivity index (χ3v) is 3.13. The third kappa shape index (κ3) is 1.23. The quantitative estimate of drug-likeness (QED) is 0.783. The molecule has 2 atom stereocenters. The fraction of sp³-hybridized carbons (Fsp3) is 0.250. The lowest BCUT2D eigenvalue weighted by atomic mass is 10.1. The van der Waals surface area contributed by atoms with Gasteiger partial charge in [0, 0.05) is 23.0 Å². The summed E-state index contributed by atoms with van der Waals surface area (Å²) in [6, 6.07) is 8.01. The molecule has 0 spiro atoms. The molecule has 76 valence electrons. The van der Waals surface area contributed by atoms with E-state index in [4.69, 9.17) is 5.11 Å². The Morgan fingerprint density at radius 3 is 2.93 bits per heavy atom. The van der Waals surface area contributed by atoms with E-state index in [1.165, 1.54) is 0 Å². The lowest BCUT2D eigenvalue weighted by Gasteiger charge is -1.95. The number of carbonyl (C=O) groups is 1. The molecule has 1 aromatic heterocycles. The first kappa shape index (κ1) is 8.53. The number of fused-ring (bicyclic) bond motifs is 1. The number of aromatic nitrogens is 1. The Balaban J connectivity index is 2.03. The lowest BCUT2D eigenvalue weighted by molar-refractivity contribution is -0.138. The summed E-state index contributed by atoms with van der Waals surface area (Å²) in [6.45, 7) is 0.